The van der Waals surface area contributed by atoms with E-state index < -0.39 is 0 Å². The van der Waals surface area contributed by atoms with Crippen LogP contribution in [0.15, 0.2) is 47.5 Å². The molecule has 2 atom stereocenters. The van der Waals surface area contributed by atoms with E-state index in [0.717, 1.165) is 18.5 Å². The zero-order valence-corrected chi connectivity index (χ0v) is 12.6. The highest BCUT2D eigenvalue weighted by Crippen LogP contribution is 2.26. The van der Waals surface area contributed by atoms with Gasteiger partial charge in [-0.05, 0) is 40.8 Å². The Balaban J connectivity index is 2.98. The van der Waals surface area contributed by atoms with Gasteiger partial charge < -0.3 is 4.90 Å². The second kappa shape index (κ2) is 6.74. The minimum absolute atomic E-state index is 0.0169. The smallest absolute Gasteiger partial charge is 0.261 e. The first-order chi connectivity index (χ1) is 8.54. The van der Waals surface area contributed by atoms with Gasteiger partial charge in [-0.25, -0.2) is 0 Å². The number of hydrogen-bond acceptors (Lipinski definition) is 1. The van der Waals surface area contributed by atoms with E-state index in [4.69, 9.17) is 0 Å². The molecule has 0 unspecified atom stereocenters. The Labute approximate surface area is 118 Å². The summed E-state index contributed by atoms with van der Waals surface area (Å²) in [5.74, 6) is 0.457. The van der Waals surface area contributed by atoms with Gasteiger partial charge in [0.25, 0.3) is 5.91 Å². The van der Waals surface area contributed by atoms with E-state index in [9.17, 15) is 4.79 Å². The van der Waals surface area contributed by atoms with Crippen molar-refractivity contribution in [3.63, 3.8) is 0 Å². The van der Waals surface area contributed by atoms with E-state index in [1.807, 2.05) is 24.0 Å². The van der Waals surface area contributed by atoms with Crippen molar-refractivity contribution in [3.05, 3.63) is 47.5 Å². The Morgan fingerprint density at radius 1 is 1.67 bits per heavy atom. The van der Waals surface area contributed by atoms with Crippen molar-refractivity contribution < 1.29 is 4.79 Å². The van der Waals surface area contributed by atoms with Crippen molar-refractivity contribution in [2.75, 3.05) is 6.54 Å². The number of carbonyl (C=O) groups is 1. The van der Waals surface area contributed by atoms with Crippen LogP contribution in [-0.4, -0.2) is 23.4 Å². The van der Waals surface area contributed by atoms with Gasteiger partial charge >= 0.3 is 0 Å². The number of carbonyl (C=O) groups excluding carboxylic acids is 1. The molecule has 0 saturated heterocycles. The van der Waals surface area contributed by atoms with Crippen LogP contribution in [-0.2, 0) is 4.79 Å². The number of nitrogens with zero attached hydrogens (tertiary/aromatic N) is 1. The first-order valence-electron chi connectivity index (χ1n) is 6.18. The van der Waals surface area contributed by atoms with Gasteiger partial charge in [-0.15, -0.1) is 0 Å². The maximum Gasteiger partial charge on any atom is 0.261 e. The lowest BCUT2D eigenvalue weighted by molar-refractivity contribution is -0.128. The van der Waals surface area contributed by atoms with Crippen LogP contribution in [0.2, 0.25) is 0 Å². The van der Waals surface area contributed by atoms with Crippen LogP contribution in [0.3, 0.4) is 0 Å². The van der Waals surface area contributed by atoms with Gasteiger partial charge in [0.1, 0.15) is 0 Å². The van der Waals surface area contributed by atoms with E-state index in [1.165, 1.54) is 0 Å². The predicted molar refractivity (Wildman–Crippen MR) is 80.4 cm³/mol. The molecule has 98 valence electrons. The number of rotatable bonds is 5. The standard InChI is InChI=1S/C15H20BrNO/c1-5-8-13(7-3)11(4)17-10-12(6-2)9-14(16)15(17)18/h5,7-9,11-12H,1,3,6,10H2,2,4H3/b13-8+/t11-,12-/m0/s1. The molecule has 1 heterocycles. The lowest BCUT2D eigenvalue weighted by Gasteiger charge is -2.35. The van der Waals surface area contributed by atoms with Crippen LogP contribution < -0.4 is 0 Å². The molecule has 0 aromatic rings. The highest BCUT2D eigenvalue weighted by molar-refractivity contribution is 9.12. The van der Waals surface area contributed by atoms with Crippen LogP contribution >= 0.6 is 15.9 Å². The average Bonchev–Trinajstić information content (AvgIpc) is 2.38. The summed E-state index contributed by atoms with van der Waals surface area (Å²) in [6.07, 6.45) is 8.45. The predicted octanol–water partition coefficient (Wildman–Crippen LogP) is 3.82. The summed E-state index contributed by atoms with van der Waals surface area (Å²) >= 11 is 3.36. The first-order valence-corrected chi connectivity index (χ1v) is 6.97. The van der Waals surface area contributed by atoms with Crippen molar-refractivity contribution in [2.45, 2.75) is 26.3 Å². The molecule has 0 aliphatic carbocycles. The Kier molecular flexibility index (Phi) is 5.60. The molecule has 0 radical (unpaired) electrons. The van der Waals surface area contributed by atoms with E-state index in [-0.39, 0.29) is 11.9 Å². The molecule has 1 aliphatic rings. The molecule has 0 aromatic carbocycles. The van der Waals surface area contributed by atoms with Crippen LogP contribution in [0.25, 0.3) is 0 Å². The second-order valence-corrected chi connectivity index (χ2v) is 5.28. The van der Waals surface area contributed by atoms with Gasteiger partial charge in [0.05, 0.1) is 10.5 Å². The van der Waals surface area contributed by atoms with Crippen molar-refractivity contribution in [3.8, 4) is 0 Å². The summed E-state index contributed by atoms with van der Waals surface area (Å²) in [7, 11) is 0. The maximum atomic E-state index is 12.2. The normalized spacial score (nSPS) is 22.5. The molecule has 1 rings (SSSR count). The van der Waals surface area contributed by atoms with E-state index in [0.29, 0.717) is 10.4 Å². The van der Waals surface area contributed by atoms with E-state index >= 15 is 0 Å². The van der Waals surface area contributed by atoms with Gasteiger partial charge in [0.2, 0.25) is 0 Å². The summed E-state index contributed by atoms with van der Waals surface area (Å²) < 4.78 is 0.662. The SMILES string of the molecule is C=C/C=C(\C=C)[C@H](C)N1C[C@@H](CC)C=C(Br)C1=O. The maximum absolute atomic E-state index is 12.2. The van der Waals surface area contributed by atoms with Gasteiger partial charge in [-0.1, -0.05) is 44.4 Å². The highest BCUT2D eigenvalue weighted by Gasteiger charge is 2.29. The second-order valence-electron chi connectivity index (χ2n) is 4.42. The Hall–Kier alpha value is -1.09. The molecule has 2 nitrogen and oxygen atoms in total. The summed E-state index contributed by atoms with van der Waals surface area (Å²) in [5.41, 5.74) is 1.01. The molecule has 0 spiro atoms. The van der Waals surface area contributed by atoms with Gasteiger partial charge in [-0.2, -0.15) is 0 Å². The van der Waals surface area contributed by atoms with E-state index in [2.05, 4.69) is 36.0 Å². The van der Waals surface area contributed by atoms with Gasteiger partial charge in [-0.3, -0.25) is 4.79 Å². The summed E-state index contributed by atoms with van der Waals surface area (Å²) in [6.45, 7) is 12.4. The summed E-state index contributed by atoms with van der Waals surface area (Å²) in [5, 5.41) is 0. The molecular formula is C15H20BrNO. The number of hydrogen-bond donors (Lipinski definition) is 0. The molecule has 0 saturated carbocycles. The first kappa shape index (κ1) is 15.0. The summed E-state index contributed by atoms with van der Waals surface area (Å²) in [6, 6.07) is 0.0169. The van der Waals surface area contributed by atoms with Crippen LogP contribution in [0, 0.1) is 5.92 Å². The molecule has 1 amide bonds. The molecule has 0 N–H and O–H groups in total. The van der Waals surface area contributed by atoms with Crippen molar-refractivity contribution in [1.29, 1.82) is 0 Å². The average molecular weight is 310 g/mol. The summed E-state index contributed by atoms with van der Waals surface area (Å²) in [4.78, 5) is 14.1. The van der Waals surface area contributed by atoms with Crippen molar-refractivity contribution in [2.24, 2.45) is 5.92 Å². The molecule has 0 aromatic heterocycles. The molecule has 0 fully saturated rings. The lowest BCUT2D eigenvalue weighted by Crippen LogP contribution is -2.44. The highest BCUT2D eigenvalue weighted by atomic mass is 79.9. The number of halogens is 1. The monoisotopic (exact) mass is 309 g/mol. The molecule has 3 heteroatoms. The lowest BCUT2D eigenvalue weighted by atomic mass is 9.98. The number of allylic oxidation sites excluding steroid dienone is 2. The zero-order chi connectivity index (χ0) is 13.7. The molecule has 18 heavy (non-hydrogen) atoms. The Morgan fingerprint density at radius 2 is 2.33 bits per heavy atom. The Bertz CT molecular complexity index is 409. The fourth-order valence-corrected chi connectivity index (χ4v) is 2.68. The largest absolute Gasteiger partial charge is 0.331 e. The van der Waals surface area contributed by atoms with E-state index in [1.54, 1.807) is 12.2 Å². The van der Waals surface area contributed by atoms with Crippen LogP contribution in [0.1, 0.15) is 20.3 Å². The van der Waals surface area contributed by atoms with Crippen LogP contribution in [0.4, 0.5) is 0 Å². The molecule has 0 bridgehead atoms. The third-order valence-corrected chi connectivity index (χ3v) is 3.90. The van der Waals surface area contributed by atoms with Crippen molar-refractivity contribution in [1.82, 2.24) is 4.90 Å². The van der Waals surface area contributed by atoms with Crippen LogP contribution in [0.5, 0.6) is 0 Å². The van der Waals surface area contributed by atoms with Gasteiger partial charge in [0.15, 0.2) is 0 Å². The zero-order valence-electron chi connectivity index (χ0n) is 11.0. The number of amides is 1. The molecule has 1 aliphatic heterocycles. The topological polar surface area (TPSA) is 20.3 Å². The third-order valence-electron chi connectivity index (χ3n) is 3.30. The fraction of sp³-hybridized carbons (Fsp3) is 0.400. The van der Waals surface area contributed by atoms with Gasteiger partial charge in [0, 0.05) is 6.54 Å². The fourth-order valence-electron chi connectivity index (χ4n) is 2.08. The minimum Gasteiger partial charge on any atom is -0.331 e. The molecular weight excluding hydrogens is 290 g/mol. The minimum atomic E-state index is 0.0169. The third kappa shape index (κ3) is 3.22. The Morgan fingerprint density at radius 3 is 2.83 bits per heavy atom. The van der Waals surface area contributed by atoms with Crippen molar-refractivity contribution >= 4 is 21.8 Å². The quantitative estimate of drug-likeness (QED) is 0.707.